The molecule has 0 aromatic carbocycles. The van der Waals surface area contributed by atoms with Gasteiger partial charge in [-0.25, -0.2) is 9.78 Å². The van der Waals surface area contributed by atoms with Crippen molar-refractivity contribution in [3.8, 4) is 0 Å². The van der Waals surface area contributed by atoms with Gasteiger partial charge in [-0.1, -0.05) is 13.8 Å². The molecule has 1 aliphatic heterocycles. The lowest BCUT2D eigenvalue weighted by atomic mass is 9.92. The molecular weight excluding hydrogens is 278 g/mol. The van der Waals surface area contributed by atoms with Crippen LogP contribution in [0.25, 0.3) is 0 Å². The molecule has 0 radical (unpaired) electrons. The second kappa shape index (κ2) is 6.87. The molecule has 0 bridgehead atoms. The van der Waals surface area contributed by atoms with Crippen LogP contribution >= 0.6 is 0 Å². The third-order valence-corrected chi connectivity index (χ3v) is 3.74. The topological polar surface area (TPSA) is 50.2 Å². The lowest BCUT2D eigenvalue weighted by Crippen LogP contribution is -2.47. The number of halogens is 2. The molecule has 2 amide bonds. The number of carbonyl (C=O) groups excluding carboxylic acids is 1. The predicted molar refractivity (Wildman–Crippen MR) is 75.1 cm³/mol. The molecule has 118 valence electrons. The normalized spacial score (nSPS) is 22.6. The summed E-state index contributed by atoms with van der Waals surface area (Å²) in [6, 6.07) is -0.122. The van der Waals surface area contributed by atoms with Crippen LogP contribution in [-0.2, 0) is 6.42 Å². The number of imidazole rings is 1. The van der Waals surface area contributed by atoms with Crippen LogP contribution in [0.2, 0.25) is 0 Å². The number of hydrogen-bond acceptors (Lipinski definition) is 2. The Hall–Kier alpha value is -1.66. The van der Waals surface area contributed by atoms with E-state index in [1.165, 1.54) is 12.4 Å². The van der Waals surface area contributed by atoms with Gasteiger partial charge in [0.2, 0.25) is 0 Å². The molecule has 2 heterocycles. The summed E-state index contributed by atoms with van der Waals surface area (Å²) in [5.74, 6) is 1.28. The molecule has 0 saturated carbocycles. The summed E-state index contributed by atoms with van der Waals surface area (Å²) >= 11 is 0. The number of amides is 2. The van der Waals surface area contributed by atoms with Gasteiger partial charge in [-0.3, -0.25) is 4.57 Å². The van der Waals surface area contributed by atoms with E-state index < -0.39 is 6.55 Å². The SMILES string of the molecule is CC1CC(C)CN(C(=O)NCCc2nccn2C(F)F)C1. The first-order valence-corrected chi connectivity index (χ1v) is 7.30. The second-order valence-corrected chi connectivity index (χ2v) is 5.86. The van der Waals surface area contributed by atoms with E-state index in [4.69, 9.17) is 0 Å². The van der Waals surface area contributed by atoms with Gasteiger partial charge in [-0.2, -0.15) is 8.78 Å². The summed E-state index contributed by atoms with van der Waals surface area (Å²) in [5.41, 5.74) is 0. The first-order chi connectivity index (χ1) is 9.97. The van der Waals surface area contributed by atoms with Crippen LogP contribution in [0.5, 0.6) is 0 Å². The monoisotopic (exact) mass is 300 g/mol. The van der Waals surface area contributed by atoms with Crippen LogP contribution in [0.3, 0.4) is 0 Å². The average Bonchev–Trinajstić information content (AvgIpc) is 2.86. The highest BCUT2D eigenvalue weighted by molar-refractivity contribution is 5.74. The van der Waals surface area contributed by atoms with Gasteiger partial charge in [0, 0.05) is 38.4 Å². The first-order valence-electron chi connectivity index (χ1n) is 7.30. The minimum atomic E-state index is -2.60. The number of piperidine rings is 1. The van der Waals surface area contributed by atoms with Gasteiger partial charge in [0.05, 0.1) is 0 Å². The number of likely N-dealkylation sites (tertiary alicyclic amines) is 1. The molecule has 0 aliphatic carbocycles. The van der Waals surface area contributed by atoms with E-state index in [1.54, 1.807) is 4.90 Å². The highest BCUT2D eigenvalue weighted by Crippen LogP contribution is 2.20. The quantitative estimate of drug-likeness (QED) is 0.929. The molecule has 5 nitrogen and oxygen atoms in total. The predicted octanol–water partition coefficient (Wildman–Crippen LogP) is 2.51. The number of nitrogens with zero attached hydrogens (tertiary/aromatic N) is 3. The van der Waals surface area contributed by atoms with Crippen LogP contribution < -0.4 is 5.32 Å². The van der Waals surface area contributed by atoms with E-state index in [0.717, 1.165) is 24.1 Å². The van der Waals surface area contributed by atoms with Gasteiger partial charge >= 0.3 is 12.6 Å². The first kappa shape index (κ1) is 15.7. The van der Waals surface area contributed by atoms with Gasteiger partial charge < -0.3 is 10.2 Å². The van der Waals surface area contributed by atoms with Crippen molar-refractivity contribution in [2.24, 2.45) is 11.8 Å². The molecule has 1 N–H and O–H groups in total. The Bertz CT molecular complexity index is 467. The van der Waals surface area contributed by atoms with Crippen molar-refractivity contribution >= 4 is 6.03 Å². The number of rotatable bonds is 4. The van der Waals surface area contributed by atoms with E-state index in [-0.39, 0.29) is 11.9 Å². The Morgan fingerprint density at radius 3 is 2.71 bits per heavy atom. The van der Waals surface area contributed by atoms with Crippen LogP contribution in [0.4, 0.5) is 13.6 Å². The number of aromatic nitrogens is 2. The largest absolute Gasteiger partial charge is 0.338 e. The second-order valence-electron chi connectivity index (χ2n) is 5.86. The summed E-state index contributed by atoms with van der Waals surface area (Å²) in [4.78, 5) is 17.8. The summed E-state index contributed by atoms with van der Waals surface area (Å²) in [5, 5.41) is 2.79. The maximum Gasteiger partial charge on any atom is 0.319 e. The maximum atomic E-state index is 12.7. The van der Waals surface area contributed by atoms with Crippen molar-refractivity contribution in [3.05, 3.63) is 18.2 Å². The van der Waals surface area contributed by atoms with Crippen molar-refractivity contribution in [3.63, 3.8) is 0 Å². The fourth-order valence-corrected chi connectivity index (χ4v) is 2.94. The van der Waals surface area contributed by atoms with Gasteiger partial charge in [-0.05, 0) is 18.3 Å². The molecule has 1 fully saturated rings. The van der Waals surface area contributed by atoms with Crippen LogP contribution in [0.1, 0.15) is 32.6 Å². The minimum absolute atomic E-state index is 0.122. The van der Waals surface area contributed by atoms with Crippen LogP contribution in [0.15, 0.2) is 12.4 Å². The van der Waals surface area contributed by atoms with E-state index in [0.29, 0.717) is 24.8 Å². The summed E-state index contributed by atoms with van der Waals surface area (Å²) < 4.78 is 26.1. The Morgan fingerprint density at radius 1 is 1.43 bits per heavy atom. The fraction of sp³-hybridized carbons (Fsp3) is 0.714. The molecule has 1 aromatic heterocycles. The molecule has 1 aliphatic rings. The highest BCUT2D eigenvalue weighted by atomic mass is 19.3. The van der Waals surface area contributed by atoms with E-state index in [9.17, 15) is 13.6 Å². The summed E-state index contributed by atoms with van der Waals surface area (Å²) in [6.07, 6.45) is 4.02. The van der Waals surface area contributed by atoms with E-state index in [1.807, 2.05) is 0 Å². The molecular formula is C14H22F2N4O. The molecule has 2 rings (SSSR count). The average molecular weight is 300 g/mol. The molecule has 2 unspecified atom stereocenters. The molecule has 21 heavy (non-hydrogen) atoms. The fourth-order valence-electron chi connectivity index (χ4n) is 2.94. The van der Waals surface area contributed by atoms with Crippen LogP contribution in [-0.4, -0.2) is 40.1 Å². The zero-order valence-electron chi connectivity index (χ0n) is 12.4. The van der Waals surface area contributed by atoms with Gasteiger partial charge in [0.15, 0.2) is 0 Å². The summed E-state index contributed by atoms with van der Waals surface area (Å²) in [7, 11) is 0. The number of alkyl halides is 2. The maximum absolute atomic E-state index is 12.7. The van der Waals surface area contributed by atoms with Crippen LogP contribution in [0, 0.1) is 11.8 Å². The van der Waals surface area contributed by atoms with Crippen molar-refractivity contribution in [1.82, 2.24) is 19.8 Å². The molecule has 2 atom stereocenters. The van der Waals surface area contributed by atoms with Gasteiger partial charge in [0.25, 0.3) is 0 Å². The van der Waals surface area contributed by atoms with Crippen molar-refractivity contribution in [2.75, 3.05) is 19.6 Å². The van der Waals surface area contributed by atoms with Gasteiger partial charge in [0.1, 0.15) is 5.82 Å². The number of carbonyl (C=O) groups is 1. The minimum Gasteiger partial charge on any atom is -0.338 e. The standard InChI is InChI=1S/C14H22F2N4O/c1-10-7-11(2)9-19(8-10)14(21)18-4-3-12-17-5-6-20(12)13(15)16/h5-6,10-11,13H,3-4,7-9H2,1-2H3,(H,18,21). The van der Waals surface area contributed by atoms with E-state index in [2.05, 4.69) is 24.1 Å². The lowest BCUT2D eigenvalue weighted by Gasteiger charge is -2.34. The third kappa shape index (κ3) is 4.15. The molecule has 1 saturated heterocycles. The Kier molecular flexibility index (Phi) is 5.14. The van der Waals surface area contributed by atoms with Crippen molar-refractivity contribution in [1.29, 1.82) is 0 Å². The molecule has 1 aromatic rings. The Morgan fingerprint density at radius 2 is 2.10 bits per heavy atom. The Labute approximate surface area is 123 Å². The number of urea groups is 1. The molecule has 0 spiro atoms. The molecule has 7 heteroatoms. The van der Waals surface area contributed by atoms with Crippen molar-refractivity contribution in [2.45, 2.75) is 33.2 Å². The smallest absolute Gasteiger partial charge is 0.319 e. The van der Waals surface area contributed by atoms with Crippen molar-refractivity contribution < 1.29 is 13.6 Å². The Balaban J connectivity index is 1.80. The van der Waals surface area contributed by atoms with Gasteiger partial charge in [-0.15, -0.1) is 0 Å². The highest BCUT2D eigenvalue weighted by Gasteiger charge is 2.25. The number of hydrogen-bond donors (Lipinski definition) is 1. The zero-order valence-corrected chi connectivity index (χ0v) is 12.4. The third-order valence-electron chi connectivity index (χ3n) is 3.74. The zero-order chi connectivity index (χ0) is 15.4. The lowest BCUT2D eigenvalue weighted by molar-refractivity contribution is 0.0670. The van der Waals surface area contributed by atoms with E-state index >= 15 is 0 Å². The summed E-state index contributed by atoms with van der Waals surface area (Å²) in [6.45, 7) is 3.48. The number of nitrogens with one attached hydrogen (secondary N) is 1.